The zero-order chi connectivity index (χ0) is 21.5. The van der Waals surface area contributed by atoms with Gasteiger partial charge in [0.2, 0.25) is 11.8 Å². The number of carbonyl (C=O) groups excluding carboxylic acids is 2. The van der Waals surface area contributed by atoms with E-state index in [1.54, 1.807) is 38.6 Å². The molecule has 0 radical (unpaired) electrons. The number of carbonyl (C=O) groups is 2. The Morgan fingerprint density at radius 3 is 2.39 bits per heavy atom. The molecule has 1 unspecified atom stereocenters. The third-order valence-electron chi connectivity index (χ3n) is 6.41. The van der Waals surface area contributed by atoms with Crippen LogP contribution in [-0.4, -0.2) is 45.9 Å². The predicted octanol–water partition coefficient (Wildman–Crippen LogP) is 3.20. The maximum Gasteiger partial charge on any atom is 0.326 e. The van der Waals surface area contributed by atoms with Gasteiger partial charge in [-0.3, -0.25) is 14.2 Å². The van der Waals surface area contributed by atoms with E-state index in [-0.39, 0.29) is 23.5 Å². The molecule has 1 N–H and O–H groups in total. The van der Waals surface area contributed by atoms with Crippen molar-refractivity contribution in [1.82, 2.24) is 14.5 Å². The normalized spacial score (nSPS) is 20.0. The number of imidazole rings is 1. The molecule has 2 aliphatic heterocycles. The number of nitrogens with zero attached hydrogens (tertiary/aromatic N) is 3. The molecule has 2 fully saturated rings. The highest BCUT2D eigenvalue weighted by Crippen LogP contribution is 2.30. The van der Waals surface area contributed by atoms with E-state index in [1.807, 2.05) is 24.3 Å². The van der Waals surface area contributed by atoms with E-state index in [2.05, 4.69) is 4.98 Å². The molecule has 7 nitrogen and oxygen atoms in total. The second-order valence-corrected chi connectivity index (χ2v) is 8.62. The molecular formula is C23H23ClN4O3. The van der Waals surface area contributed by atoms with Crippen LogP contribution in [0.15, 0.2) is 53.3 Å². The molecule has 0 spiro atoms. The van der Waals surface area contributed by atoms with Crippen molar-refractivity contribution in [2.24, 2.45) is 5.92 Å². The number of piperidine rings is 1. The van der Waals surface area contributed by atoms with Crippen molar-refractivity contribution in [3.63, 3.8) is 0 Å². The van der Waals surface area contributed by atoms with Crippen molar-refractivity contribution >= 4 is 40.1 Å². The molecule has 0 saturated carbocycles. The van der Waals surface area contributed by atoms with Crippen molar-refractivity contribution in [3.8, 4) is 0 Å². The average molecular weight is 439 g/mol. The minimum absolute atomic E-state index is 0.0394. The van der Waals surface area contributed by atoms with Gasteiger partial charge in [-0.2, -0.15) is 0 Å². The third-order valence-corrected chi connectivity index (χ3v) is 6.66. The van der Waals surface area contributed by atoms with Gasteiger partial charge >= 0.3 is 5.69 Å². The highest BCUT2D eigenvalue weighted by atomic mass is 35.5. The Hall–Kier alpha value is -3.06. The molecule has 2 aromatic carbocycles. The molecule has 8 heteroatoms. The Labute approximate surface area is 184 Å². The van der Waals surface area contributed by atoms with E-state index in [0.717, 1.165) is 16.7 Å². The molecule has 0 aliphatic carbocycles. The van der Waals surface area contributed by atoms with Crippen molar-refractivity contribution in [3.05, 3.63) is 64.0 Å². The first-order valence-corrected chi connectivity index (χ1v) is 11.0. The lowest BCUT2D eigenvalue weighted by Crippen LogP contribution is -2.45. The molecule has 1 aromatic heterocycles. The molecule has 2 aliphatic rings. The van der Waals surface area contributed by atoms with Gasteiger partial charge in [0, 0.05) is 36.4 Å². The fourth-order valence-electron chi connectivity index (χ4n) is 4.79. The largest absolute Gasteiger partial charge is 0.342 e. The summed E-state index contributed by atoms with van der Waals surface area (Å²) in [5.41, 5.74) is 2.37. The van der Waals surface area contributed by atoms with Crippen LogP contribution in [0.3, 0.4) is 0 Å². The molecule has 3 aromatic rings. The molecule has 3 heterocycles. The maximum absolute atomic E-state index is 13.1. The maximum atomic E-state index is 13.1. The third kappa shape index (κ3) is 3.53. The van der Waals surface area contributed by atoms with E-state index < -0.39 is 5.92 Å². The quantitative estimate of drug-likeness (QED) is 0.638. The molecule has 160 valence electrons. The number of para-hydroxylation sites is 2. The van der Waals surface area contributed by atoms with Crippen molar-refractivity contribution in [2.75, 3.05) is 24.5 Å². The van der Waals surface area contributed by atoms with Gasteiger partial charge in [-0.15, -0.1) is 0 Å². The lowest BCUT2D eigenvalue weighted by Gasteiger charge is -2.33. The van der Waals surface area contributed by atoms with Crippen molar-refractivity contribution in [1.29, 1.82) is 0 Å². The van der Waals surface area contributed by atoms with Gasteiger partial charge in [0.05, 0.1) is 11.0 Å². The summed E-state index contributed by atoms with van der Waals surface area (Å²) < 4.78 is 1.81. The number of H-pyrrole nitrogens is 1. The summed E-state index contributed by atoms with van der Waals surface area (Å²) in [5, 5.41) is 0.611. The summed E-state index contributed by atoms with van der Waals surface area (Å²) in [7, 11) is 0. The highest BCUT2D eigenvalue weighted by molar-refractivity contribution is 6.30. The first-order valence-electron chi connectivity index (χ1n) is 10.6. The summed E-state index contributed by atoms with van der Waals surface area (Å²) in [6.07, 6.45) is 1.90. The van der Waals surface area contributed by atoms with E-state index in [0.29, 0.717) is 43.9 Å². The second-order valence-electron chi connectivity index (χ2n) is 8.18. The number of halogens is 1. The summed E-state index contributed by atoms with van der Waals surface area (Å²) in [6, 6.07) is 14.8. The summed E-state index contributed by atoms with van der Waals surface area (Å²) in [5.74, 6) is -0.892. The van der Waals surface area contributed by atoms with Crippen LogP contribution in [0.25, 0.3) is 11.0 Å². The lowest BCUT2D eigenvalue weighted by molar-refractivity contribution is -0.140. The highest BCUT2D eigenvalue weighted by Gasteiger charge is 2.40. The average Bonchev–Trinajstić information content (AvgIpc) is 3.33. The number of aromatic nitrogens is 2. The number of nitrogens with one attached hydrogen (secondary N) is 1. The minimum Gasteiger partial charge on any atom is -0.342 e. The predicted molar refractivity (Wildman–Crippen MR) is 119 cm³/mol. The number of likely N-dealkylation sites (tertiary alicyclic amines) is 1. The summed E-state index contributed by atoms with van der Waals surface area (Å²) in [4.78, 5) is 44.8. The minimum atomic E-state index is -0.636. The number of rotatable bonds is 3. The van der Waals surface area contributed by atoms with Crippen LogP contribution >= 0.6 is 11.6 Å². The Morgan fingerprint density at radius 2 is 1.65 bits per heavy atom. The fourth-order valence-corrected chi connectivity index (χ4v) is 4.91. The molecule has 1 atom stereocenters. The van der Waals surface area contributed by atoms with Gasteiger partial charge in [-0.1, -0.05) is 23.7 Å². The molecule has 2 saturated heterocycles. The van der Waals surface area contributed by atoms with Crippen LogP contribution in [-0.2, 0) is 9.59 Å². The van der Waals surface area contributed by atoms with Crippen LogP contribution in [0.1, 0.15) is 25.3 Å². The van der Waals surface area contributed by atoms with Crippen molar-refractivity contribution < 1.29 is 9.59 Å². The van der Waals surface area contributed by atoms with Crippen LogP contribution in [0.4, 0.5) is 5.69 Å². The van der Waals surface area contributed by atoms with Crippen molar-refractivity contribution in [2.45, 2.75) is 25.3 Å². The molecular weight excluding hydrogens is 416 g/mol. The molecule has 0 bridgehead atoms. The van der Waals surface area contributed by atoms with Gasteiger partial charge < -0.3 is 14.8 Å². The van der Waals surface area contributed by atoms with E-state index in [4.69, 9.17) is 11.6 Å². The zero-order valence-electron chi connectivity index (χ0n) is 17.0. The fraction of sp³-hybridized carbons (Fsp3) is 0.348. The van der Waals surface area contributed by atoms with E-state index in [1.165, 1.54) is 0 Å². The second kappa shape index (κ2) is 7.89. The SMILES string of the molecule is O=C(C1CCN(c2ccc(Cl)cc2)C1=O)N1CCC(n2c(=O)[nH]c3ccccc32)CC1. The summed E-state index contributed by atoms with van der Waals surface area (Å²) in [6.45, 7) is 1.61. The van der Waals surface area contributed by atoms with Crippen LogP contribution in [0.5, 0.6) is 0 Å². The topological polar surface area (TPSA) is 78.4 Å². The van der Waals surface area contributed by atoms with Gasteiger partial charge in [0.15, 0.2) is 0 Å². The van der Waals surface area contributed by atoms with Crippen LogP contribution in [0, 0.1) is 5.92 Å². The number of benzene rings is 2. The first kappa shape index (κ1) is 19.9. The molecule has 31 heavy (non-hydrogen) atoms. The Morgan fingerprint density at radius 1 is 0.935 bits per heavy atom. The van der Waals surface area contributed by atoms with Gasteiger partial charge in [0.25, 0.3) is 0 Å². The Kier molecular flexibility index (Phi) is 5.06. The number of anilines is 1. The van der Waals surface area contributed by atoms with Gasteiger partial charge in [-0.25, -0.2) is 4.79 Å². The molecule has 2 amide bonds. The Bertz CT molecular complexity index is 1190. The van der Waals surface area contributed by atoms with E-state index >= 15 is 0 Å². The number of amides is 2. The zero-order valence-corrected chi connectivity index (χ0v) is 17.7. The summed E-state index contributed by atoms with van der Waals surface area (Å²) >= 11 is 5.94. The smallest absolute Gasteiger partial charge is 0.326 e. The standard InChI is InChI=1S/C23H23ClN4O3/c24-15-5-7-16(8-6-15)27-14-11-18(22(27)30)21(29)26-12-9-17(10-13-26)28-20-4-2-1-3-19(20)25-23(28)31/h1-8,17-18H,9-14H2,(H,25,31). The Balaban J connectivity index is 1.26. The number of fused-ring (bicyclic) bond motifs is 1. The van der Waals surface area contributed by atoms with Gasteiger partial charge in [-0.05, 0) is 55.7 Å². The lowest BCUT2D eigenvalue weighted by atomic mass is 10.0. The number of aromatic amines is 1. The van der Waals surface area contributed by atoms with Crippen LogP contribution in [0.2, 0.25) is 5.02 Å². The number of hydrogen-bond acceptors (Lipinski definition) is 3. The van der Waals surface area contributed by atoms with Gasteiger partial charge in [0.1, 0.15) is 5.92 Å². The monoisotopic (exact) mass is 438 g/mol. The number of hydrogen-bond donors (Lipinski definition) is 1. The molecule has 5 rings (SSSR count). The van der Waals surface area contributed by atoms with Crippen LogP contribution < -0.4 is 10.6 Å². The first-order chi connectivity index (χ1) is 15.0. The van der Waals surface area contributed by atoms with E-state index in [9.17, 15) is 14.4 Å².